The molecule has 0 aliphatic heterocycles. The van der Waals surface area contributed by atoms with Crippen LogP contribution in [0.5, 0.6) is 0 Å². The summed E-state index contributed by atoms with van der Waals surface area (Å²) in [6, 6.07) is 8.56. The highest BCUT2D eigenvalue weighted by atomic mass is 15.2. The average Bonchev–Trinajstić information content (AvgIpc) is 3.00. The quantitative estimate of drug-likeness (QED) is 0.635. The highest BCUT2D eigenvalue weighted by molar-refractivity contribution is 5.79. The van der Waals surface area contributed by atoms with Crippen molar-refractivity contribution in [3.63, 3.8) is 0 Å². The van der Waals surface area contributed by atoms with Crippen LogP contribution in [0.2, 0.25) is 0 Å². The Morgan fingerprint density at radius 1 is 1.27 bits per heavy atom. The Morgan fingerprint density at radius 3 is 2.77 bits per heavy atom. The topological polar surface area (TPSA) is 54.2 Å². The third-order valence-corrected chi connectivity index (χ3v) is 3.28. The first-order valence-corrected chi connectivity index (χ1v) is 7.65. The lowest BCUT2D eigenvalue weighted by molar-refractivity contribution is 0.614. The van der Waals surface area contributed by atoms with E-state index >= 15 is 0 Å². The van der Waals surface area contributed by atoms with Gasteiger partial charge < -0.3 is 15.2 Å². The Balaban J connectivity index is 1.89. The van der Waals surface area contributed by atoms with E-state index in [1.165, 1.54) is 11.1 Å². The number of aromatic nitrogens is 2. The van der Waals surface area contributed by atoms with Crippen molar-refractivity contribution in [2.24, 2.45) is 10.9 Å². The first kappa shape index (κ1) is 16.1. The van der Waals surface area contributed by atoms with E-state index in [0.717, 1.165) is 25.6 Å². The first-order valence-electron chi connectivity index (χ1n) is 7.65. The Bertz CT molecular complexity index is 587. The number of hydrogen-bond donors (Lipinski definition) is 2. The van der Waals surface area contributed by atoms with Gasteiger partial charge in [0.2, 0.25) is 0 Å². The van der Waals surface area contributed by atoms with Crippen molar-refractivity contribution in [2.75, 3.05) is 13.6 Å². The minimum Gasteiger partial charge on any atom is -0.356 e. The molecule has 2 N–H and O–H groups in total. The summed E-state index contributed by atoms with van der Waals surface area (Å²) in [7, 11) is 1.80. The smallest absolute Gasteiger partial charge is 0.191 e. The van der Waals surface area contributed by atoms with Crippen molar-refractivity contribution in [1.29, 1.82) is 0 Å². The van der Waals surface area contributed by atoms with Crippen LogP contribution < -0.4 is 10.6 Å². The summed E-state index contributed by atoms with van der Waals surface area (Å²) in [5.41, 5.74) is 2.51. The fourth-order valence-corrected chi connectivity index (χ4v) is 2.14. The largest absolute Gasteiger partial charge is 0.356 e. The zero-order valence-electron chi connectivity index (χ0n) is 13.6. The van der Waals surface area contributed by atoms with E-state index in [9.17, 15) is 0 Å². The van der Waals surface area contributed by atoms with Gasteiger partial charge in [0.25, 0.3) is 0 Å². The van der Waals surface area contributed by atoms with Gasteiger partial charge in [-0.2, -0.15) is 0 Å². The van der Waals surface area contributed by atoms with E-state index in [2.05, 4.69) is 63.3 Å². The van der Waals surface area contributed by atoms with E-state index in [0.29, 0.717) is 5.92 Å². The highest BCUT2D eigenvalue weighted by Gasteiger charge is 2.01. The van der Waals surface area contributed by atoms with Crippen LogP contribution in [0, 0.1) is 5.92 Å². The van der Waals surface area contributed by atoms with E-state index in [1.54, 1.807) is 13.2 Å². The molecule has 2 rings (SSSR count). The van der Waals surface area contributed by atoms with Crippen molar-refractivity contribution in [3.05, 3.63) is 54.1 Å². The lowest BCUT2D eigenvalue weighted by Gasteiger charge is -2.14. The van der Waals surface area contributed by atoms with Gasteiger partial charge in [-0.1, -0.05) is 38.1 Å². The number of guanidine groups is 1. The number of nitrogens with one attached hydrogen (secondary N) is 2. The van der Waals surface area contributed by atoms with Crippen molar-refractivity contribution in [3.8, 4) is 0 Å². The minimum atomic E-state index is 0.594. The summed E-state index contributed by atoms with van der Waals surface area (Å²) >= 11 is 0. The molecule has 0 aliphatic carbocycles. The summed E-state index contributed by atoms with van der Waals surface area (Å²) in [6.45, 7) is 6.88. The molecule has 0 amide bonds. The van der Waals surface area contributed by atoms with Crippen LogP contribution in [0.15, 0.2) is 48.0 Å². The normalized spacial score (nSPS) is 11.7. The molecule has 118 valence electrons. The average molecular weight is 299 g/mol. The molecule has 0 bridgehead atoms. The molecular formula is C17H25N5. The van der Waals surface area contributed by atoms with Gasteiger partial charge in [-0.05, 0) is 17.0 Å². The fraction of sp³-hybridized carbons (Fsp3) is 0.412. The second-order valence-corrected chi connectivity index (χ2v) is 5.76. The van der Waals surface area contributed by atoms with Crippen LogP contribution in [-0.4, -0.2) is 29.1 Å². The molecular weight excluding hydrogens is 274 g/mol. The maximum Gasteiger partial charge on any atom is 0.191 e. The van der Waals surface area contributed by atoms with Gasteiger partial charge in [0.05, 0.1) is 6.33 Å². The van der Waals surface area contributed by atoms with Crippen LogP contribution >= 0.6 is 0 Å². The van der Waals surface area contributed by atoms with Crippen molar-refractivity contribution < 1.29 is 0 Å². The van der Waals surface area contributed by atoms with Gasteiger partial charge in [0.15, 0.2) is 5.96 Å². The minimum absolute atomic E-state index is 0.594. The number of nitrogens with zero attached hydrogens (tertiary/aromatic N) is 3. The molecule has 0 unspecified atom stereocenters. The molecule has 0 saturated heterocycles. The number of benzene rings is 1. The predicted molar refractivity (Wildman–Crippen MR) is 90.8 cm³/mol. The molecule has 1 heterocycles. The predicted octanol–water partition coefficient (Wildman–Crippen LogP) is 2.25. The summed E-state index contributed by atoms with van der Waals surface area (Å²) in [5, 5.41) is 6.66. The van der Waals surface area contributed by atoms with Gasteiger partial charge >= 0.3 is 0 Å². The lowest BCUT2D eigenvalue weighted by Crippen LogP contribution is -2.38. The first-order chi connectivity index (χ1) is 10.7. The number of aliphatic imine (C=N–C) groups is 1. The van der Waals surface area contributed by atoms with Crippen molar-refractivity contribution >= 4 is 5.96 Å². The van der Waals surface area contributed by atoms with Crippen molar-refractivity contribution in [1.82, 2.24) is 20.2 Å². The monoisotopic (exact) mass is 299 g/mol. The lowest BCUT2D eigenvalue weighted by atomic mass is 10.1. The van der Waals surface area contributed by atoms with Gasteiger partial charge in [-0.25, -0.2) is 4.98 Å². The van der Waals surface area contributed by atoms with Gasteiger partial charge in [0.1, 0.15) is 0 Å². The van der Waals surface area contributed by atoms with E-state index < -0.39 is 0 Å². The van der Waals surface area contributed by atoms with Crippen LogP contribution in [0.3, 0.4) is 0 Å². The van der Waals surface area contributed by atoms with Crippen LogP contribution in [0.1, 0.15) is 25.0 Å². The number of imidazole rings is 1. The van der Waals surface area contributed by atoms with Crippen molar-refractivity contribution in [2.45, 2.75) is 26.9 Å². The van der Waals surface area contributed by atoms with E-state index in [4.69, 9.17) is 0 Å². The number of hydrogen-bond acceptors (Lipinski definition) is 2. The van der Waals surface area contributed by atoms with E-state index in [1.807, 2.05) is 12.5 Å². The second kappa shape index (κ2) is 8.22. The molecule has 0 spiro atoms. The van der Waals surface area contributed by atoms with Crippen LogP contribution in [0.4, 0.5) is 0 Å². The zero-order chi connectivity index (χ0) is 15.8. The molecule has 0 atom stereocenters. The maximum absolute atomic E-state index is 4.24. The molecule has 1 aromatic carbocycles. The molecule has 5 heteroatoms. The molecule has 0 fully saturated rings. The van der Waals surface area contributed by atoms with Gasteiger partial charge in [-0.15, -0.1) is 0 Å². The molecule has 1 aromatic heterocycles. The Morgan fingerprint density at radius 2 is 2.09 bits per heavy atom. The summed E-state index contributed by atoms with van der Waals surface area (Å²) < 4.78 is 2.07. The Hall–Kier alpha value is -2.30. The third-order valence-electron chi connectivity index (χ3n) is 3.28. The van der Waals surface area contributed by atoms with Crippen LogP contribution in [-0.2, 0) is 13.1 Å². The Kier molecular flexibility index (Phi) is 6.01. The van der Waals surface area contributed by atoms with E-state index in [-0.39, 0.29) is 0 Å². The van der Waals surface area contributed by atoms with Gasteiger partial charge in [0, 0.05) is 39.1 Å². The third kappa shape index (κ3) is 5.24. The standard InChI is InChI=1S/C17H25N5/c1-14(2)10-20-17(18-3)21-11-15-5-4-6-16(9-15)12-22-8-7-19-13-22/h4-9,13-14H,10-12H2,1-3H3,(H2,18,20,21). The molecule has 5 nitrogen and oxygen atoms in total. The zero-order valence-corrected chi connectivity index (χ0v) is 13.6. The maximum atomic E-state index is 4.24. The van der Waals surface area contributed by atoms with Gasteiger partial charge in [-0.3, -0.25) is 4.99 Å². The molecule has 0 saturated carbocycles. The molecule has 22 heavy (non-hydrogen) atoms. The molecule has 0 radical (unpaired) electrons. The Labute approximate surface area is 132 Å². The van der Waals surface area contributed by atoms with Crippen LogP contribution in [0.25, 0.3) is 0 Å². The molecule has 2 aromatic rings. The fourth-order valence-electron chi connectivity index (χ4n) is 2.14. The summed E-state index contributed by atoms with van der Waals surface area (Å²) in [5.74, 6) is 1.44. The second-order valence-electron chi connectivity index (χ2n) is 5.76. The molecule has 0 aliphatic rings. The summed E-state index contributed by atoms with van der Waals surface area (Å²) in [4.78, 5) is 8.31. The summed E-state index contributed by atoms with van der Waals surface area (Å²) in [6.07, 6.45) is 5.61. The highest BCUT2D eigenvalue weighted by Crippen LogP contribution is 2.07. The number of rotatable bonds is 6. The SMILES string of the molecule is CN=C(NCc1cccc(Cn2ccnc2)c1)NCC(C)C.